The molecule has 0 aromatic heterocycles. The van der Waals surface area contributed by atoms with Crippen molar-refractivity contribution in [3.05, 3.63) is 45.5 Å². The predicted octanol–water partition coefficient (Wildman–Crippen LogP) is 0.528. The van der Waals surface area contributed by atoms with Crippen molar-refractivity contribution in [1.82, 2.24) is 10.2 Å². The second-order valence-corrected chi connectivity index (χ2v) is 10.3. The van der Waals surface area contributed by atoms with Gasteiger partial charge in [0.1, 0.15) is 28.7 Å². The summed E-state index contributed by atoms with van der Waals surface area (Å²) in [4.78, 5) is 40.2. The highest BCUT2D eigenvalue weighted by molar-refractivity contribution is 6.24. The summed E-state index contributed by atoms with van der Waals surface area (Å²) < 4.78 is 15.7. The van der Waals surface area contributed by atoms with E-state index in [0.29, 0.717) is 13.0 Å². The quantitative estimate of drug-likeness (QED) is 0.323. The number of phenolic OH excluding ortho intramolecular Hbond substituents is 1. The first kappa shape index (κ1) is 24.4. The molecule has 4 aliphatic rings. The number of primary amides is 1. The molecule has 1 amide bonds. The zero-order valence-corrected chi connectivity index (χ0v) is 19.8. The molecule has 0 spiro atoms. The van der Waals surface area contributed by atoms with E-state index in [-0.39, 0.29) is 41.1 Å². The number of fused-ring (bicyclic) bond motifs is 3. The van der Waals surface area contributed by atoms with E-state index in [2.05, 4.69) is 5.32 Å². The Balaban J connectivity index is 1.71. The van der Waals surface area contributed by atoms with Gasteiger partial charge < -0.3 is 31.5 Å². The third-order valence-corrected chi connectivity index (χ3v) is 8.12. The Kier molecular flexibility index (Phi) is 5.51. The van der Waals surface area contributed by atoms with Gasteiger partial charge in [0.2, 0.25) is 5.78 Å². The van der Waals surface area contributed by atoms with E-state index in [1.807, 2.05) is 0 Å². The summed E-state index contributed by atoms with van der Waals surface area (Å²) in [6.45, 7) is 0.707. The minimum Gasteiger partial charge on any atom is -0.508 e. The predicted molar refractivity (Wildman–Crippen MR) is 124 cm³/mol. The average molecular weight is 502 g/mol. The summed E-state index contributed by atoms with van der Waals surface area (Å²) in [6, 6.07) is -0.256. The summed E-state index contributed by atoms with van der Waals surface area (Å²) in [5, 5.41) is 47.4. The van der Waals surface area contributed by atoms with E-state index in [1.54, 1.807) is 0 Å². The molecule has 1 saturated carbocycles. The van der Waals surface area contributed by atoms with Gasteiger partial charge in [-0.25, -0.2) is 4.39 Å². The van der Waals surface area contributed by atoms with Crippen molar-refractivity contribution in [3.63, 3.8) is 0 Å². The van der Waals surface area contributed by atoms with Gasteiger partial charge >= 0.3 is 0 Å². The standard InChI is InChI=1S/C25H28FN3O7/c1-29(2)19-12-7-9-6-11-16(14(30)8-10(18(11)26)13-4-3-5-28-13)20(31)15(9)22(33)25(12,36)23(34)17(21(19)32)24(27)35/h8-9,12-13,19,28,30-31,34,36H,3-7H2,1-2H3,(H2,27,35)/t9-,12-,13-,19-,25-/m0/s1. The number of halogens is 1. The van der Waals surface area contributed by atoms with Crippen LogP contribution in [-0.2, 0) is 20.8 Å². The highest BCUT2D eigenvalue weighted by Crippen LogP contribution is 2.53. The second kappa shape index (κ2) is 8.12. The Morgan fingerprint density at radius 1 is 1.25 bits per heavy atom. The SMILES string of the molecule is CN(C)[C@@H]1C(=O)C(C(N)=O)=C(O)[C@@]2(O)C(=O)C3=C(O)c4c(O)cc([C@@H]5CCCN5)c(F)c4C[C@H]3C[C@@H]12. The smallest absolute Gasteiger partial charge is 0.255 e. The van der Waals surface area contributed by atoms with Crippen molar-refractivity contribution in [3.8, 4) is 5.75 Å². The van der Waals surface area contributed by atoms with Crippen LogP contribution < -0.4 is 11.1 Å². The minimum absolute atomic E-state index is 0.0457. The number of likely N-dealkylation sites (N-methyl/N-ethyl adjacent to an activating group) is 1. The molecule has 5 rings (SSSR count). The number of benzene rings is 1. The number of nitrogens with zero attached hydrogens (tertiary/aromatic N) is 1. The lowest BCUT2D eigenvalue weighted by Gasteiger charge is -2.50. The van der Waals surface area contributed by atoms with E-state index < -0.39 is 69.6 Å². The van der Waals surface area contributed by atoms with Crippen molar-refractivity contribution >= 4 is 23.2 Å². The average Bonchev–Trinajstić information content (AvgIpc) is 3.32. The molecule has 1 saturated heterocycles. The zero-order valence-electron chi connectivity index (χ0n) is 19.8. The molecule has 36 heavy (non-hydrogen) atoms. The molecule has 0 radical (unpaired) electrons. The van der Waals surface area contributed by atoms with Gasteiger partial charge in [-0.1, -0.05) is 0 Å². The van der Waals surface area contributed by atoms with Crippen molar-refractivity contribution in [2.24, 2.45) is 17.6 Å². The lowest BCUT2D eigenvalue weighted by atomic mass is 9.57. The Morgan fingerprint density at radius 2 is 1.94 bits per heavy atom. The number of rotatable bonds is 3. The maximum atomic E-state index is 15.7. The zero-order chi connectivity index (χ0) is 26.3. The Morgan fingerprint density at radius 3 is 2.53 bits per heavy atom. The molecule has 192 valence electrons. The van der Waals surface area contributed by atoms with E-state index in [4.69, 9.17) is 5.73 Å². The minimum atomic E-state index is -2.72. The normalized spacial score (nSPS) is 32.0. The fourth-order valence-corrected chi connectivity index (χ4v) is 6.51. The first-order chi connectivity index (χ1) is 16.9. The van der Waals surface area contributed by atoms with E-state index in [1.165, 1.54) is 25.1 Å². The van der Waals surface area contributed by atoms with Crippen LogP contribution in [0, 0.1) is 17.7 Å². The summed E-state index contributed by atoms with van der Waals surface area (Å²) >= 11 is 0. The summed E-state index contributed by atoms with van der Waals surface area (Å²) in [7, 11) is 3.04. The number of carbonyl (C=O) groups is 3. The topological polar surface area (TPSA) is 173 Å². The Hall–Kier alpha value is -3.28. The number of hydrogen-bond acceptors (Lipinski definition) is 9. The number of aliphatic hydroxyl groups is 3. The van der Waals surface area contributed by atoms with Crippen LogP contribution in [-0.4, -0.2) is 75.1 Å². The van der Waals surface area contributed by atoms with Crippen LogP contribution in [0.1, 0.15) is 42.0 Å². The first-order valence-corrected chi connectivity index (χ1v) is 11.8. The lowest BCUT2D eigenvalue weighted by molar-refractivity contribution is -0.153. The summed E-state index contributed by atoms with van der Waals surface area (Å²) in [5.41, 5.74) is 1.48. The van der Waals surface area contributed by atoms with Crippen molar-refractivity contribution in [2.45, 2.75) is 43.4 Å². The van der Waals surface area contributed by atoms with Gasteiger partial charge in [0.15, 0.2) is 11.4 Å². The number of aliphatic hydroxyl groups excluding tert-OH is 2. The number of ketones is 2. The van der Waals surface area contributed by atoms with Crippen LogP contribution >= 0.6 is 0 Å². The molecule has 1 aromatic carbocycles. The number of phenols is 1. The van der Waals surface area contributed by atoms with E-state index in [9.17, 15) is 34.8 Å². The Bertz CT molecular complexity index is 1280. The molecule has 5 atom stereocenters. The Labute approximate surface area is 205 Å². The molecule has 1 heterocycles. The summed E-state index contributed by atoms with van der Waals surface area (Å²) in [5.74, 6) is -8.13. The molecule has 10 nitrogen and oxygen atoms in total. The van der Waals surface area contributed by atoms with Gasteiger partial charge in [0.05, 0.1) is 11.6 Å². The molecule has 0 unspecified atom stereocenters. The third-order valence-electron chi connectivity index (χ3n) is 8.12. The number of carbonyl (C=O) groups excluding carboxylic acids is 3. The molecule has 2 fully saturated rings. The van der Waals surface area contributed by atoms with Gasteiger partial charge in [-0.15, -0.1) is 0 Å². The van der Waals surface area contributed by atoms with Crippen molar-refractivity contribution in [1.29, 1.82) is 0 Å². The monoisotopic (exact) mass is 501 g/mol. The fraction of sp³-hybridized carbons (Fsp3) is 0.480. The summed E-state index contributed by atoms with van der Waals surface area (Å²) in [6.07, 6.45) is 1.37. The highest BCUT2D eigenvalue weighted by Gasteiger charge is 2.64. The maximum Gasteiger partial charge on any atom is 0.255 e. The van der Waals surface area contributed by atoms with Crippen LogP contribution in [0.2, 0.25) is 0 Å². The molecule has 7 N–H and O–H groups in total. The van der Waals surface area contributed by atoms with Crippen molar-refractivity contribution in [2.75, 3.05) is 20.6 Å². The van der Waals surface area contributed by atoms with Crippen LogP contribution in [0.4, 0.5) is 4.39 Å². The highest BCUT2D eigenvalue weighted by atomic mass is 19.1. The largest absolute Gasteiger partial charge is 0.508 e. The van der Waals surface area contributed by atoms with Crippen LogP contribution in [0.5, 0.6) is 5.75 Å². The number of amides is 1. The fourth-order valence-electron chi connectivity index (χ4n) is 6.51. The number of nitrogens with one attached hydrogen (secondary N) is 1. The van der Waals surface area contributed by atoms with Gasteiger partial charge in [-0.3, -0.25) is 19.3 Å². The first-order valence-electron chi connectivity index (χ1n) is 11.8. The van der Waals surface area contributed by atoms with Gasteiger partial charge in [-0.05, 0) is 58.3 Å². The number of hydrogen-bond donors (Lipinski definition) is 6. The van der Waals surface area contributed by atoms with Crippen LogP contribution in [0.3, 0.4) is 0 Å². The molecular formula is C25H28FN3O7. The van der Waals surface area contributed by atoms with Gasteiger partial charge in [0, 0.05) is 28.7 Å². The molecule has 0 bridgehead atoms. The molecule has 1 aromatic rings. The van der Waals surface area contributed by atoms with Crippen LogP contribution in [0.25, 0.3) is 5.76 Å². The lowest BCUT2D eigenvalue weighted by Crippen LogP contribution is -2.65. The van der Waals surface area contributed by atoms with Crippen LogP contribution in [0.15, 0.2) is 23.0 Å². The van der Waals surface area contributed by atoms with E-state index in [0.717, 1.165) is 6.42 Å². The van der Waals surface area contributed by atoms with Crippen molar-refractivity contribution < 1.29 is 39.2 Å². The molecule has 1 aliphatic heterocycles. The molecular weight excluding hydrogens is 473 g/mol. The van der Waals surface area contributed by atoms with E-state index >= 15 is 4.39 Å². The number of nitrogens with two attached hydrogens (primary N) is 1. The van der Waals surface area contributed by atoms with Gasteiger partial charge in [-0.2, -0.15) is 0 Å². The third kappa shape index (κ3) is 3.09. The second-order valence-electron chi connectivity index (χ2n) is 10.3. The maximum absolute atomic E-state index is 15.7. The number of Topliss-reactive ketones (excluding diaryl/α,β-unsaturated/α-hetero) is 2. The molecule has 3 aliphatic carbocycles. The molecule has 11 heteroatoms. The number of aromatic hydroxyl groups is 1. The van der Waals surface area contributed by atoms with Gasteiger partial charge in [0.25, 0.3) is 5.91 Å².